The molecule has 0 aliphatic rings. The summed E-state index contributed by atoms with van der Waals surface area (Å²) in [4.78, 5) is 12.3. The van der Waals surface area contributed by atoms with E-state index in [0.29, 0.717) is 23.8 Å². The molecule has 1 atom stereocenters. The molecule has 0 radical (unpaired) electrons. The second-order valence-corrected chi connectivity index (χ2v) is 9.35. The average molecular weight is 513 g/mol. The van der Waals surface area contributed by atoms with E-state index in [0.717, 1.165) is 20.1 Å². The van der Waals surface area contributed by atoms with Gasteiger partial charge in [-0.15, -0.1) is 0 Å². The lowest BCUT2D eigenvalue weighted by Gasteiger charge is -2.18. The number of hydrogen-bond donors (Lipinski definition) is 2. The van der Waals surface area contributed by atoms with Gasteiger partial charge in [0, 0.05) is 11.6 Å². The first-order valence-corrected chi connectivity index (χ1v) is 10.9. The third kappa shape index (κ3) is 5.98. The van der Waals surface area contributed by atoms with Crippen molar-refractivity contribution in [2.75, 3.05) is 0 Å². The topological polar surface area (TPSA) is 58.6 Å². The Bertz CT molecular complexity index is 827. The zero-order valence-electron chi connectivity index (χ0n) is 16.8. The number of nitrogens with one attached hydrogen (secondary N) is 1. The quantitative estimate of drug-likeness (QED) is 0.443. The van der Waals surface area contributed by atoms with Crippen molar-refractivity contribution in [2.45, 2.75) is 53.0 Å². The number of halogens is 2. The van der Waals surface area contributed by atoms with E-state index in [2.05, 4.69) is 51.0 Å². The summed E-state index contributed by atoms with van der Waals surface area (Å²) in [6.07, 6.45) is 0.297. The highest BCUT2D eigenvalue weighted by molar-refractivity contribution is 9.11. The molecule has 0 bridgehead atoms. The van der Waals surface area contributed by atoms with Gasteiger partial charge >= 0.3 is 0 Å². The minimum absolute atomic E-state index is 0.00576. The van der Waals surface area contributed by atoms with Gasteiger partial charge in [-0.1, -0.05) is 27.7 Å². The summed E-state index contributed by atoms with van der Waals surface area (Å²) in [5, 5.41) is 13.0. The van der Waals surface area contributed by atoms with Crippen LogP contribution in [0.5, 0.6) is 17.2 Å². The van der Waals surface area contributed by atoms with Gasteiger partial charge in [0.2, 0.25) is 5.91 Å². The van der Waals surface area contributed by atoms with Crippen molar-refractivity contribution in [1.82, 2.24) is 5.32 Å². The monoisotopic (exact) mass is 511 g/mol. The van der Waals surface area contributed by atoms with Crippen molar-refractivity contribution in [3.05, 3.63) is 50.4 Å². The van der Waals surface area contributed by atoms with Crippen molar-refractivity contribution < 1.29 is 14.6 Å². The molecule has 0 saturated heterocycles. The lowest BCUT2D eigenvalue weighted by molar-refractivity contribution is -0.121. The highest BCUT2D eigenvalue weighted by Crippen LogP contribution is 2.39. The van der Waals surface area contributed by atoms with Gasteiger partial charge in [0.15, 0.2) is 5.75 Å². The first-order valence-electron chi connectivity index (χ1n) is 9.36. The molecule has 0 aliphatic carbocycles. The number of ether oxygens (including phenoxy) is 1. The van der Waals surface area contributed by atoms with E-state index in [1.165, 1.54) is 0 Å². The van der Waals surface area contributed by atoms with E-state index in [9.17, 15) is 9.90 Å². The third-order valence-electron chi connectivity index (χ3n) is 4.65. The van der Waals surface area contributed by atoms with Crippen molar-refractivity contribution in [1.29, 1.82) is 0 Å². The molecule has 0 spiro atoms. The molecule has 0 unspecified atom stereocenters. The highest BCUT2D eigenvalue weighted by atomic mass is 79.9. The smallest absolute Gasteiger partial charge is 0.224 e. The maximum Gasteiger partial charge on any atom is 0.224 e. The summed E-state index contributed by atoms with van der Waals surface area (Å²) >= 11 is 7.09. The van der Waals surface area contributed by atoms with E-state index in [1.54, 1.807) is 12.1 Å². The summed E-state index contributed by atoms with van der Waals surface area (Å²) < 4.78 is 7.54. The molecule has 6 heteroatoms. The van der Waals surface area contributed by atoms with Crippen LogP contribution in [0.3, 0.4) is 0 Å². The van der Waals surface area contributed by atoms with Crippen LogP contribution >= 0.6 is 31.9 Å². The van der Waals surface area contributed by atoms with Crippen LogP contribution in [-0.2, 0) is 11.2 Å². The molecule has 0 aromatic heterocycles. The number of phenolic OH excluding ortho intramolecular Hbond substituents is 1. The van der Waals surface area contributed by atoms with Crippen LogP contribution in [0.15, 0.2) is 39.3 Å². The molecule has 28 heavy (non-hydrogen) atoms. The van der Waals surface area contributed by atoms with Gasteiger partial charge in [0.05, 0.1) is 15.4 Å². The molecule has 0 aliphatic heterocycles. The number of amides is 1. The number of carbonyl (C=O) groups excluding carboxylic acids is 1. The molecule has 2 aromatic carbocycles. The Morgan fingerprint density at radius 2 is 1.68 bits per heavy atom. The molecular weight excluding hydrogens is 486 g/mol. The minimum atomic E-state index is -0.00576. The fourth-order valence-corrected chi connectivity index (χ4v) is 4.09. The van der Waals surface area contributed by atoms with Gasteiger partial charge in [0.1, 0.15) is 11.5 Å². The molecule has 0 heterocycles. The van der Waals surface area contributed by atoms with E-state index in [1.807, 2.05) is 39.0 Å². The maximum absolute atomic E-state index is 12.3. The number of carbonyl (C=O) groups is 1. The summed E-state index contributed by atoms with van der Waals surface area (Å²) in [5.41, 5.74) is 1.71. The molecule has 2 aromatic rings. The molecule has 0 saturated carbocycles. The van der Waals surface area contributed by atoms with Crippen LogP contribution in [0.1, 0.15) is 51.7 Å². The second kappa shape index (κ2) is 9.79. The Balaban J connectivity index is 2.18. The van der Waals surface area contributed by atoms with Crippen molar-refractivity contribution >= 4 is 37.8 Å². The Morgan fingerprint density at radius 3 is 2.21 bits per heavy atom. The fourth-order valence-electron chi connectivity index (χ4n) is 2.65. The van der Waals surface area contributed by atoms with Crippen LogP contribution in [-0.4, -0.2) is 17.1 Å². The Kier molecular flexibility index (Phi) is 7.96. The molecule has 2 rings (SSSR count). The third-order valence-corrected chi connectivity index (χ3v) is 5.83. The average Bonchev–Trinajstić information content (AvgIpc) is 2.58. The lowest BCUT2D eigenvalue weighted by atomic mass is 10.0. The summed E-state index contributed by atoms with van der Waals surface area (Å²) in [6, 6.07) is 9.13. The second-order valence-electron chi connectivity index (χ2n) is 7.64. The number of aromatic hydroxyl groups is 1. The van der Waals surface area contributed by atoms with Crippen LogP contribution in [0.4, 0.5) is 0 Å². The van der Waals surface area contributed by atoms with Crippen LogP contribution in [0.2, 0.25) is 0 Å². The van der Waals surface area contributed by atoms with E-state index >= 15 is 0 Å². The van der Waals surface area contributed by atoms with Crippen LogP contribution in [0.25, 0.3) is 0 Å². The van der Waals surface area contributed by atoms with E-state index in [4.69, 9.17) is 4.74 Å². The summed E-state index contributed by atoms with van der Waals surface area (Å²) in [7, 11) is 0. The van der Waals surface area contributed by atoms with Gasteiger partial charge < -0.3 is 15.2 Å². The van der Waals surface area contributed by atoms with Gasteiger partial charge in [-0.05, 0) is 86.5 Å². The first kappa shape index (κ1) is 22.8. The number of rotatable bonds is 7. The molecule has 1 amide bonds. The predicted octanol–water partition coefficient (Wildman–Crippen LogP) is 6.54. The molecule has 152 valence electrons. The first-order chi connectivity index (χ1) is 13.1. The van der Waals surface area contributed by atoms with Crippen molar-refractivity contribution in [2.24, 2.45) is 5.92 Å². The number of phenols is 1. The molecule has 0 fully saturated rings. The molecule has 2 N–H and O–H groups in total. The zero-order chi connectivity index (χ0) is 21.0. The summed E-state index contributed by atoms with van der Waals surface area (Å²) in [6.45, 7) is 10.2. The number of hydrogen-bond acceptors (Lipinski definition) is 3. The van der Waals surface area contributed by atoms with E-state index in [-0.39, 0.29) is 23.6 Å². The van der Waals surface area contributed by atoms with Crippen LogP contribution < -0.4 is 10.1 Å². The predicted molar refractivity (Wildman–Crippen MR) is 120 cm³/mol. The normalized spacial score (nSPS) is 12.3. The Labute approximate surface area is 183 Å². The zero-order valence-corrected chi connectivity index (χ0v) is 20.0. The fraction of sp³-hybridized carbons (Fsp3) is 0.409. The van der Waals surface area contributed by atoms with Crippen LogP contribution in [0, 0.1) is 5.92 Å². The van der Waals surface area contributed by atoms with Crippen molar-refractivity contribution in [3.63, 3.8) is 0 Å². The lowest BCUT2D eigenvalue weighted by Crippen LogP contribution is -2.37. The van der Waals surface area contributed by atoms with Gasteiger partial charge in [-0.25, -0.2) is 0 Å². The minimum Gasteiger partial charge on any atom is -0.508 e. The number of benzene rings is 2. The van der Waals surface area contributed by atoms with E-state index < -0.39 is 0 Å². The van der Waals surface area contributed by atoms with Gasteiger partial charge in [-0.2, -0.15) is 0 Å². The Hall–Kier alpha value is -1.53. The van der Waals surface area contributed by atoms with Gasteiger partial charge in [0.25, 0.3) is 0 Å². The standard InChI is InChI=1S/C22H27Br2NO3/c1-12(2)14(5)25-21(27)10-15-8-18(23)22(19(24)9-15)28-16-6-7-20(26)17(11-16)13(3)4/h6-9,11-14,26H,10H2,1-5H3,(H,25,27)/t14-/m1/s1. The SMILES string of the molecule is CC(C)c1cc(Oc2c(Br)cc(CC(=O)N[C@H](C)C(C)C)cc2Br)ccc1O. The summed E-state index contributed by atoms with van der Waals surface area (Å²) in [5.74, 6) is 2.09. The van der Waals surface area contributed by atoms with Crippen molar-refractivity contribution in [3.8, 4) is 17.2 Å². The van der Waals surface area contributed by atoms with Gasteiger partial charge in [-0.3, -0.25) is 4.79 Å². The molecular formula is C22H27Br2NO3. The highest BCUT2D eigenvalue weighted by Gasteiger charge is 2.16. The maximum atomic E-state index is 12.3. The molecule has 4 nitrogen and oxygen atoms in total. The Morgan fingerprint density at radius 1 is 1.07 bits per heavy atom. The largest absolute Gasteiger partial charge is 0.508 e.